The van der Waals surface area contributed by atoms with Crippen molar-refractivity contribution in [1.82, 2.24) is 0 Å². The molecule has 0 fully saturated rings. The Morgan fingerprint density at radius 3 is 2.47 bits per heavy atom. The summed E-state index contributed by atoms with van der Waals surface area (Å²) in [5.74, 6) is 0.674. The van der Waals surface area contributed by atoms with Gasteiger partial charge in [-0.1, -0.05) is 0 Å². The zero-order valence-corrected chi connectivity index (χ0v) is 10.8. The van der Waals surface area contributed by atoms with E-state index < -0.39 is 6.16 Å². The van der Waals surface area contributed by atoms with Crippen LogP contribution in [0.15, 0.2) is 24.3 Å². The molecule has 0 aliphatic rings. The lowest BCUT2D eigenvalue weighted by Gasteiger charge is -2.09. The predicted octanol–water partition coefficient (Wildman–Crippen LogP) is 2.16. The molecular weight excluding hydrogens is 252 g/mol. The summed E-state index contributed by atoms with van der Waals surface area (Å²) >= 11 is 0. The molecule has 1 aromatic rings. The zero-order valence-electron chi connectivity index (χ0n) is 10.8. The minimum Gasteiger partial charge on any atom is -0.434 e. The topological polar surface area (TPSA) is 71.1 Å². The van der Waals surface area contributed by atoms with E-state index in [4.69, 9.17) is 14.2 Å². The fourth-order valence-corrected chi connectivity index (χ4v) is 1.19. The van der Waals surface area contributed by atoms with Gasteiger partial charge in [-0.25, -0.2) is 4.79 Å². The predicted molar refractivity (Wildman–Crippen MR) is 66.2 cm³/mol. The molecule has 0 spiro atoms. The number of carbonyl (C=O) groups is 2. The van der Waals surface area contributed by atoms with Crippen LogP contribution in [0.4, 0.5) is 4.79 Å². The first-order valence-corrected chi connectivity index (χ1v) is 5.73. The highest BCUT2D eigenvalue weighted by atomic mass is 16.7. The summed E-state index contributed by atoms with van der Waals surface area (Å²) < 4.78 is 19.4. The van der Waals surface area contributed by atoms with E-state index in [1.54, 1.807) is 7.11 Å². The van der Waals surface area contributed by atoms with Gasteiger partial charge in [-0.3, -0.25) is 4.79 Å². The minimum absolute atomic E-state index is 0.0209. The highest BCUT2D eigenvalue weighted by Crippen LogP contribution is 2.17. The van der Waals surface area contributed by atoms with E-state index in [1.807, 2.05) is 6.92 Å². The number of methoxy groups -OCH3 is 1. The third kappa shape index (κ3) is 5.87. The van der Waals surface area contributed by atoms with Crippen LogP contribution in [0.3, 0.4) is 0 Å². The molecule has 6 heteroatoms. The van der Waals surface area contributed by atoms with Gasteiger partial charge < -0.3 is 18.9 Å². The first kappa shape index (κ1) is 15.0. The van der Waals surface area contributed by atoms with Gasteiger partial charge in [0.05, 0.1) is 12.7 Å². The summed E-state index contributed by atoms with van der Waals surface area (Å²) in [6.07, 6.45) is -0.169. The van der Waals surface area contributed by atoms with Crippen LogP contribution in [0.5, 0.6) is 11.5 Å². The summed E-state index contributed by atoms with van der Waals surface area (Å²) in [6, 6.07) is 6.00. The second kappa shape index (κ2) is 8.10. The molecule has 0 N–H and O–H groups in total. The van der Waals surface area contributed by atoms with Crippen molar-refractivity contribution in [3.63, 3.8) is 0 Å². The number of hydrogen-bond donors (Lipinski definition) is 0. The van der Waals surface area contributed by atoms with Gasteiger partial charge in [-0.2, -0.15) is 0 Å². The SMILES string of the molecule is COC(C)CCOC(=O)Oc1ccc(OC=O)cc1. The molecule has 0 aromatic heterocycles. The Bertz CT molecular complexity index is 400. The Hall–Kier alpha value is -2.08. The van der Waals surface area contributed by atoms with Crippen molar-refractivity contribution in [1.29, 1.82) is 0 Å². The third-order valence-electron chi connectivity index (χ3n) is 2.36. The monoisotopic (exact) mass is 268 g/mol. The fourth-order valence-electron chi connectivity index (χ4n) is 1.19. The van der Waals surface area contributed by atoms with Gasteiger partial charge in [-0.15, -0.1) is 0 Å². The number of rotatable bonds is 7. The van der Waals surface area contributed by atoms with Gasteiger partial charge in [-0.05, 0) is 31.2 Å². The van der Waals surface area contributed by atoms with Crippen LogP contribution in [-0.4, -0.2) is 32.4 Å². The highest BCUT2D eigenvalue weighted by molar-refractivity contribution is 5.63. The van der Waals surface area contributed by atoms with E-state index in [2.05, 4.69) is 4.74 Å². The Kier molecular flexibility index (Phi) is 6.38. The van der Waals surface area contributed by atoms with Crippen LogP contribution in [0.2, 0.25) is 0 Å². The van der Waals surface area contributed by atoms with Crippen molar-refractivity contribution < 1.29 is 28.5 Å². The summed E-state index contributed by atoms with van der Waals surface area (Å²) in [5, 5.41) is 0. The lowest BCUT2D eigenvalue weighted by atomic mass is 10.3. The molecule has 1 aromatic carbocycles. The van der Waals surface area contributed by atoms with E-state index in [1.165, 1.54) is 24.3 Å². The molecule has 0 heterocycles. The van der Waals surface area contributed by atoms with Crippen LogP contribution < -0.4 is 9.47 Å². The zero-order chi connectivity index (χ0) is 14.1. The van der Waals surface area contributed by atoms with Crippen LogP contribution in [0, 0.1) is 0 Å². The van der Waals surface area contributed by atoms with Gasteiger partial charge >= 0.3 is 6.16 Å². The summed E-state index contributed by atoms with van der Waals surface area (Å²) in [7, 11) is 1.59. The molecule has 0 aliphatic carbocycles. The number of ether oxygens (including phenoxy) is 4. The van der Waals surface area contributed by atoms with Crippen LogP contribution in [-0.2, 0) is 14.3 Å². The van der Waals surface area contributed by atoms with Gasteiger partial charge in [0, 0.05) is 13.5 Å². The minimum atomic E-state index is -0.785. The average molecular weight is 268 g/mol. The van der Waals surface area contributed by atoms with E-state index >= 15 is 0 Å². The molecule has 104 valence electrons. The Labute approximate surface area is 111 Å². The molecule has 1 atom stereocenters. The van der Waals surface area contributed by atoms with Crippen molar-refractivity contribution in [2.24, 2.45) is 0 Å². The first-order valence-electron chi connectivity index (χ1n) is 5.73. The summed E-state index contributed by atoms with van der Waals surface area (Å²) in [6.45, 7) is 2.42. The smallest absolute Gasteiger partial charge is 0.434 e. The van der Waals surface area contributed by atoms with Crippen LogP contribution in [0.1, 0.15) is 13.3 Å². The number of carbonyl (C=O) groups excluding carboxylic acids is 2. The maximum atomic E-state index is 11.3. The van der Waals surface area contributed by atoms with Gasteiger partial charge in [0.15, 0.2) is 0 Å². The maximum absolute atomic E-state index is 11.3. The molecule has 1 unspecified atom stereocenters. The van der Waals surface area contributed by atoms with E-state index in [9.17, 15) is 9.59 Å². The van der Waals surface area contributed by atoms with E-state index in [0.29, 0.717) is 24.4 Å². The quantitative estimate of drug-likeness (QED) is 0.428. The fraction of sp³-hybridized carbons (Fsp3) is 0.385. The molecule has 19 heavy (non-hydrogen) atoms. The van der Waals surface area contributed by atoms with Gasteiger partial charge in [0.2, 0.25) is 0 Å². The average Bonchev–Trinajstić information content (AvgIpc) is 2.41. The second-order valence-corrected chi connectivity index (χ2v) is 3.72. The second-order valence-electron chi connectivity index (χ2n) is 3.72. The van der Waals surface area contributed by atoms with Gasteiger partial charge in [0.25, 0.3) is 6.47 Å². The maximum Gasteiger partial charge on any atom is 0.513 e. The Morgan fingerprint density at radius 2 is 1.89 bits per heavy atom. The van der Waals surface area contributed by atoms with E-state index in [-0.39, 0.29) is 12.7 Å². The lowest BCUT2D eigenvalue weighted by molar-refractivity contribution is -0.120. The standard InChI is InChI=1S/C13H16O6/c1-10(16-2)7-8-17-13(15)19-12-5-3-11(4-6-12)18-9-14/h3-6,9-10H,7-8H2,1-2H3. The summed E-state index contributed by atoms with van der Waals surface area (Å²) in [5.41, 5.74) is 0. The van der Waals surface area contributed by atoms with Gasteiger partial charge in [0.1, 0.15) is 11.5 Å². The van der Waals surface area contributed by atoms with Crippen molar-refractivity contribution >= 4 is 12.6 Å². The molecule has 0 aliphatic heterocycles. The highest BCUT2D eigenvalue weighted by Gasteiger charge is 2.07. The molecule has 0 amide bonds. The van der Waals surface area contributed by atoms with Crippen molar-refractivity contribution in [3.8, 4) is 11.5 Å². The molecular formula is C13H16O6. The van der Waals surface area contributed by atoms with Crippen LogP contribution >= 0.6 is 0 Å². The van der Waals surface area contributed by atoms with Crippen molar-refractivity contribution in [3.05, 3.63) is 24.3 Å². The van der Waals surface area contributed by atoms with Crippen molar-refractivity contribution in [2.45, 2.75) is 19.4 Å². The molecule has 0 bridgehead atoms. The Balaban J connectivity index is 2.33. The third-order valence-corrected chi connectivity index (χ3v) is 2.36. The largest absolute Gasteiger partial charge is 0.513 e. The van der Waals surface area contributed by atoms with Crippen molar-refractivity contribution in [2.75, 3.05) is 13.7 Å². The normalized spacial score (nSPS) is 11.5. The van der Waals surface area contributed by atoms with E-state index in [0.717, 1.165) is 0 Å². The Morgan fingerprint density at radius 1 is 1.26 bits per heavy atom. The molecule has 1 rings (SSSR count). The molecule has 0 saturated carbocycles. The molecule has 0 radical (unpaired) electrons. The molecule has 6 nitrogen and oxygen atoms in total. The summed E-state index contributed by atoms with van der Waals surface area (Å²) in [4.78, 5) is 21.4. The first-order chi connectivity index (χ1) is 9.15. The number of benzene rings is 1. The molecule has 0 saturated heterocycles. The lowest BCUT2D eigenvalue weighted by Crippen LogP contribution is -2.15. The number of hydrogen-bond acceptors (Lipinski definition) is 6. The van der Waals surface area contributed by atoms with Crippen LogP contribution in [0.25, 0.3) is 0 Å².